The first-order chi connectivity index (χ1) is 7.07. The molecule has 0 fully saturated rings. The van der Waals surface area contributed by atoms with Crippen LogP contribution < -0.4 is 5.32 Å². The number of rotatable bonds is 9. The van der Waals surface area contributed by atoms with Crippen molar-refractivity contribution in [2.75, 3.05) is 19.8 Å². The van der Waals surface area contributed by atoms with E-state index in [0.29, 0.717) is 6.04 Å². The van der Waals surface area contributed by atoms with Gasteiger partial charge in [-0.15, -0.1) is 0 Å². The van der Waals surface area contributed by atoms with Crippen molar-refractivity contribution in [3.8, 4) is 0 Å². The van der Waals surface area contributed by atoms with E-state index in [9.17, 15) is 0 Å². The van der Waals surface area contributed by atoms with Gasteiger partial charge in [-0.05, 0) is 31.2 Å². The lowest BCUT2D eigenvalue weighted by molar-refractivity contribution is 0.112. The highest BCUT2D eigenvalue weighted by molar-refractivity contribution is 4.67. The van der Waals surface area contributed by atoms with Crippen molar-refractivity contribution in [2.45, 2.75) is 53.5 Å². The van der Waals surface area contributed by atoms with Crippen LogP contribution in [0.15, 0.2) is 0 Å². The third kappa shape index (κ3) is 8.88. The molecule has 92 valence electrons. The van der Waals surface area contributed by atoms with Gasteiger partial charge in [0.25, 0.3) is 0 Å². The topological polar surface area (TPSA) is 21.3 Å². The van der Waals surface area contributed by atoms with Gasteiger partial charge in [0.15, 0.2) is 0 Å². The Morgan fingerprint density at radius 3 is 2.20 bits per heavy atom. The molecular formula is C13H29NO. The molecule has 0 aromatic carbocycles. The summed E-state index contributed by atoms with van der Waals surface area (Å²) in [4.78, 5) is 0. The maximum Gasteiger partial charge on any atom is 0.0469 e. The van der Waals surface area contributed by atoms with Crippen LogP contribution in [-0.4, -0.2) is 25.8 Å². The minimum atomic E-state index is 0.586. The second kappa shape index (κ2) is 9.17. The van der Waals surface area contributed by atoms with Crippen LogP contribution in [0.1, 0.15) is 47.5 Å². The van der Waals surface area contributed by atoms with Crippen LogP contribution in [0.3, 0.4) is 0 Å². The van der Waals surface area contributed by atoms with Gasteiger partial charge in [-0.3, -0.25) is 0 Å². The molecule has 2 heteroatoms. The number of nitrogens with one attached hydrogen (secondary N) is 1. The molecule has 0 rings (SSSR count). The standard InChI is InChI=1S/C13H29NO/c1-6-8-15-9-7-13(11(2)3)10-14-12(4)5/h11-14H,6-10H2,1-5H3. The summed E-state index contributed by atoms with van der Waals surface area (Å²) in [6.45, 7) is 14.1. The molecule has 0 radical (unpaired) electrons. The van der Waals surface area contributed by atoms with Crippen LogP contribution in [-0.2, 0) is 4.74 Å². The zero-order valence-corrected chi connectivity index (χ0v) is 11.2. The Bertz CT molecular complexity index is 134. The van der Waals surface area contributed by atoms with E-state index in [1.54, 1.807) is 0 Å². The molecule has 0 aliphatic heterocycles. The lowest BCUT2D eigenvalue weighted by atomic mass is 9.92. The minimum Gasteiger partial charge on any atom is -0.381 e. The van der Waals surface area contributed by atoms with Crippen molar-refractivity contribution in [2.24, 2.45) is 11.8 Å². The Morgan fingerprint density at radius 2 is 1.73 bits per heavy atom. The molecule has 1 N–H and O–H groups in total. The lowest BCUT2D eigenvalue weighted by Crippen LogP contribution is -2.31. The molecule has 0 heterocycles. The Hall–Kier alpha value is -0.0800. The van der Waals surface area contributed by atoms with E-state index < -0.39 is 0 Å². The summed E-state index contributed by atoms with van der Waals surface area (Å²) < 4.78 is 5.54. The van der Waals surface area contributed by atoms with Crippen molar-refractivity contribution in [3.63, 3.8) is 0 Å². The molecule has 0 aliphatic rings. The highest BCUT2D eigenvalue weighted by Crippen LogP contribution is 2.14. The van der Waals surface area contributed by atoms with Crippen LogP contribution in [0.5, 0.6) is 0 Å². The maximum absolute atomic E-state index is 5.54. The van der Waals surface area contributed by atoms with Crippen molar-refractivity contribution in [3.05, 3.63) is 0 Å². The van der Waals surface area contributed by atoms with E-state index in [2.05, 4.69) is 39.9 Å². The van der Waals surface area contributed by atoms with Crippen molar-refractivity contribution >= 4 is 0 Å². The summed E-state index contributed by atoms with van der Waals surface area (Å²) in [5.41, 5.74) is 0. The third-order valence-electron chi connectivity index (χ3n) is 2.71. The Morgan fingerprint density at radius 1 is 1.07 bits per heavy atom. The first kappa shape index (κ1) is 14.9. The van der Waals surface area contributed by atoms with Gasteiger partial charge in [-0.1, -0.05) is 34.6 Å². The van der Waals surface area contributed by atoms with E-state index >= 15 is 0 Å². The van der Waals surface area contributed by atoms with E-state index in [4.69, 9.17) is 4.74 Å². The fourth-order valence-corrected chi connectivity index (χ4v) is 1.54. The molecular weight excluding hydrogens is 186 g/mol. The first-order valence-electron chi connectivity index (χ1n) is 6.39. The van der Waals surface area contributed by atoms with Gasteiger partial charge in [0.2, 0.25) is 0 Å². The average molecular weight is 215 g/mol. The minimum absolute atomic E-state index is 0.586. The molecule has 0 aliphatic carbocycles. The van der Waals surface area contributed by atoms with Gasteiger partial charge >= 0.3 is 0 Å². The lowest BCUT2D eigenvalue weighted by Gasteiger charge is -2.22. The van der Waals surface area contributed by atoms with Crippen molar-refractivity contribution in [1.82, 2.24) is 5.32 Å². The highest BCUT2D eigenvalue weighted by atomic mass is 16.5. The molecule has 1 unspecified atom stereocenters. The summed E-state index contributed by atoms with van der Waals surface area (Å²) in [5, 5.41) is 3.51. The zero-order chi connectivity index (χ0) is 11.7. The summed E-state index contributed by atoms with van der Waals surface area (Å²) >= 11 is 0. The summed E-state index contributed by atoms with van der Waals surface area (Å²) in [7, 11) is 0. The number of hydrogen-bond donors (Lipinski definition) is 1. The van der Waals surface area contributed by atoms with E-state index in [-0.39, 0.29) is 0 Å². The van der Waals surface area contributed by atoms with Gasteiger partial charge in [0.05, 0.1) is 0 Å². The molecule has 0 saturated heterocycles. The first-order valence-corrected chi connectivity index (χ1v) is 6.39. The Labute approximate surface area is 95.8 Å². The molecule has 0 bridgehead atoms. The predicted molar refractivity (Wildman–Crippen MR) is 67.2 cm³/mol. The van der Waals surface area contributed by atoms with E-state index in [0.717, 1.165) is 38.0 Å². The van der Waals surface area contributed by atoms with E-state index in [1.807, 2.05) is 0 Å². The summed E-state index contributed by atoms with van der Waals surface area (Å²) in [6, 6.07) is 0.586. The SMILES string of the molecule is CCCOCCC(CNC(C)C)C(C)C. The molecule has 2 nitrogen and oxygen atoms in total. The van der Waals surface area contributed by atoms with Gasteiger partial charge in [0.1, 0.15) is 0 Å². The second-order valence-corrected chi connectivity index (χ2v) is 4.97. The number of hydrogen-bond acceptors (Lipinski definition) is 2. The summed E-state index contributed by atoms with van der Waals surface area (Å²) in [5.74, 6) is 1.48. The summed E-state index contributed by atoms with van der Waals surface area (Å²) in [6.07, 6.45) is 2.30. The Kier molecular flexibility index (Phi) is 9.12. The highest BCUT2D eigenvalue weighted by Gasteiger charge is 2.13. The molecule has 15 heavy (non-hydrogen) atoms. The van der Waals surface area contributed by atoms with Crippen LogP contribution >= 0.6 is 0 Å². The van der Waals surface area contributed by atoms with Crippen LogP contribution in [0.4, 0.5) is 0 Å². The van der Waals surface area contributed by atoms with Crippen LogP contribution in [0.2, 0.25) is 0 Å². The zero-order valence-electron chi connectivity index (χ0n) is 11.2. The molecule has 0 saturated carbocycles. The third-order valence-corrected chi connectivity index (χ3v) is 2.71. The molecule has 0 spiro atoms. The van der Waals surface area contributed by atoms with Gasteiger partial charge in [-0.25, -0.2) is 0 Å². The average Bonchev–Trinajstić information content (AvgIpc) is 2.15. The fraction of sp³-hybridized carbons (Fsp3) is 1.00. The van der Waals surface area contributed by atoms with Gasteiger partial charge in [-0.2, -0.15) is 0 Å². The predicted octanol–water partition coefficient (Wildman–Crippen LogP) is 3.07. The largest absolute Gasteiger partial charge is 0.381 e. The van der Waals surface area contributed by atoms with Gasteiger partial charge < -0.3 is 10.1 Å². The normalized spacial score (nSPS) is 13.8. The smallest absolute Gasteiger partial charge is 0.0469 e. The quantitative estimate of drug-likeness (QED) is 0.597. The molecule has 0 aromatic heterocycles. The second-order valence-electron chi connectivity index (χ2n) is 4.97. The molecule has 1 atom stereocenters. The van der Waals surface area contributed by atoms with Crippen LogP contribution in [0, 0.1) is 11.8 Å². The van der Waals surface area contributed by atoms with Gasteiger partial charge in [0, 0.05) is 19.3 Å². The fourth-order valence-electron chi connectivity index (χ4n) is 1.54. The maximum atomic E-state index is 5.54. The monoisotopic (exact) mass is 215 g/mol. The number of ether oxygens (including phenoxy) is 1. The molecule has 0 aromatic rings. The van der Waals surface area contributed by atoms with Crippen LogP contribution in [0.25, 0.3) is 0 Å². The Balaban J connectivity index is 3.64. The van der Waals surface area contributed by atoms with Crippen molar-refractivity contribution < 1.29 is 4.74 Å². The molecule has 0 amide bonds. The van der Waals surface area contributed by atoms with Crippen molar-refractivity contribution in [1.29, 1.82) is 0 Å². The van der Waals surface area contributed by atoms with E-state index in [1.165, 1.54) is 6.42 Å².